The standard InChI is InChI=1S/C27H25N3O3/c1-3-20-14-16-22(17-15-20)28-26(31)19(2)33-27(32)24-18-30(23-12-8-5-9-13-23)29-25(24)21-10-6-4-7-11-21/h4-19H,3H2,1-2H3,(H,28,31). The molecule has 0 bridgehead atoms. The summed E-state index contributed by atoms with van der Waals surface area (Å²) >= 11 is 0. The summed E-state index contributed by atoms with van der Waals surface area (Å²) in [4.78, 5) is 25.7. The summed E-state index contributed by atoms with van der Waals surface area (Å²) in [6.07, 6.45) is 1.57. The molecule has 1 N–H and O–H groups in total. The van der Waals surface area contributed by atoms with E-state index in [-0.39, 0.29) is 5.56 Å². The van der Waals surface area contributed by atoms with Crippen LogP contribution in [0.5, 0.6) is 0 Å². The lowest BCUT2D eigenvalue weighted by atomic mass is 10.1. The number of rotatable bonds is 7. The van der Waals surface area contributed by atoms with E-state index < -0.39 is 18.0 Å². The molecule has 4 rings (SSSR count). The fraction of sp³-hybridized carbons (Fsp3) is 0.148. The molecule has 0 fully saturated rings. The summed E-state index contributed by atoms with van der Waals surface area (Å²) in [5, 5.41) is 7.41. The smallest absolute Gasteiger partial charge is 0.342 e. The highest BCUT2D eigenvalue weighted by Crippen LogP contribution is 2.25. The van der Waals surface area contributed by atoms with E-state index in [0.717, 1.165) is 17.7 Å². The maximum atomic E-state index is 13.1. The number of nitrogens with one attached hydrogen (secondary N) is 1. The number of hydrogen-bond acceptors (Lipinski definition) is 4. The van der Waals surface area contributed by atoms with Crippen LogP contribution in [0, 0.1) is 0 Å². The van der Waals surface area contributed by atoms with Crippen LogP contribution in [0.15, 0.2) is 91.1 Å². The van der Waals surface area contributed by atoms with Crippen molar-refractivity contribution in [2.75, 3.05) is 5.32 Å². The zero-order valence-electron chi connectivity index (χ0n) is 18.6. The first kappa shape index (κ1) is 22.0. The molecule has 0 aliphatic rings. The van der Waals surface area contributed by atoms with Crippen molar-refractivity contribution in [2.45, 2.75) is 26.4 Å². The Hall–Kier alpha value is -4.19. The average Bonchev–Trinajstić information content (AvgIpc) is 3.31. The highest BCUT2D eigenvalue weighted by Gasteiger charge is 2.24. The highest BCUT2D eigenvalue weighted by atomic mass is 16.5. The third kappa shape index (κ3) is 5.18. The number of carbonyl (C=O) groups excluding carboxylic acids is 2. The Morgan fingerprint density at radius 1 is 0.939 bits per heavy atom. The number of nitrogens with zero attached hydrogens (tertiary/aromatic N) is 2. The van der Waals surface area contributed by atoms with Gasteiger partial charge in [-0.3, -0.25) is 4.79 Å². The number of aryl methyl sites for hydroxylation is 1. The fourth-order valence-electron chi connectivity index (χ4n) is 3.39. The number of aromatic nitrogens is 2. The molecule has 1 unspecified atom stereocenters. The number of carbonyl (C=O) groups is 2. The van der Waals surface area contributed by atoms with Crippen molar-refractivity contribution in [3.8, 4) is 16.9 Å². The summed E-state index contributed by atoms with van der Waals surface area (Å²) in [6, 6.07) is 26.5. The van der Waals surface area contributed by atoms with E-state index in [1.54, 1.807) is 17.8 Å². The Kier molecular flexibility index (Phi) is 6.64. The predicted molar refractivity (Wildman–Crippen MR) is 128 cm³/mol. The van der Waals surface area contributed by atoms with Crippen LogP contribution < -0.4 is 5.32 Å². The number of esters is 1. The lowest BCUT2D eigenvalue weighted by molar-refractivity contribution is -0.123. The lowest BCUT2D eigenvalue weighted by Crippen LogP contribution is -2.30. The molecule has 3 aromatic carbocycles. The van der Waals surface area contributed by atoms with Gasteiger partial charge in [0, 0.05) is 17.4 Å². The zero-order valence-corrected chi connectivity index (χ0v) is 18.6. The summed E-state index contributed by atoms with van der Waals surface area (Å²) in [5.41, 5.74) is 4.21. The van der Waals surface area contributed by atoms with E-state index in [1.165, 1.54) is 5.56 Å². The second-order valence-electron chi connectivity index (χ2n) is 7.62. The molecule has 0 saturated heterocycles. The first-order chi connectivity index (χ1) is 16.0. The second kappa shape index (κ2) is 9.96. The van der Waals surface area contributed by atoms with Crippen LogP contribution in [0.25, 0.3) is 16.9 Å². The van der Waals surface area contributed by atoms with Crippen molar-refractivity contribution in [1.82, 2.24) is 9.78 Å². The molecule has 6 heteroatoms. The van der Waals surface area contributed by atoms with Gasteiger partial charge in [0.25, 0.3) is 5.91 Å². The third-order valence-corrected chi connectivity index (χ3v) is 5.28. The normalized spacial score (nSPS) is 11.6. The number of hydrogen-bond donors (Lipinski definition) is 1. The number of para-hydroxylation sites is 1. The van der Waals surface area contributed by atoms with Gasteiger partial charge in [0.1, 0.15) is 11.3 Å². The van der Waals surface area contributed by atoms with Gasteiger partial charge in [-0.1, -0.05) is 67.6 Å². The molecule has 166 valence electrons. The molecular weight excluding hydrogens is 414 g/mol. The molecule has 1 atom stereocenters. The number of anilines is 1. The lowest BCUT2D eigenvalue weighted by Gasteiger charge is -2.13. The van der Waals surface area contributed by atoms with Crippen LogP contribution in [0.4, 0.5) is 5.69 Å². The van der Waals surface area contributed by atoms with E-state index in [1.807, 2.05) is 84.9 Å². The molecule has 33 heavy (non-hydrogen) atoms. The second-order valence-corrected chi connectivity index (χ2v) is 7.62. The summed E-state index contributed by atoms with van der Waals surface area (Å²) in [5.74, 6) is -1.01. The first-order valence-electron chi connectivity index (χ1n) is 10.9. The van der Waals surface area contributed by atoms with Gasteiger partial charge in [0.05, 0.1) is 5.69 Å². The maximum Gasteiger partial charge on any atom is 0.342 e. The van der Waals surface area contributed by atoms with Gasteiger partial charge >= 0.3 is 5.97 Å². The van der Waals surface area contributed by atoms with Gasteiger partial charge in [0.15, 0.2) is 6.10 Å². The van der Waals surface area contributed by atoms with Crippen LogP contribution in [0.2, 0.25) is 0 Å². The Balaban J connectivity index is 1.55. The molecule has 0 saturated carbocycles. The largest absolute Gasteiger partial charge is 0.449 e. The first-order valence-corrected chi connectivity index (χ1v) is 10.9. The van der Waals surface area contributed by atoms with Gasteiger partial charge in [-0.2, -0.15) is 5.10 Å². The van der Waals surface area contributed by atoms with E-state index in [2.05, 4.69) is 17.3 Å². The summed E-state index contributed by atoms with van der Waals surface area (Å²) in [6.45, 7) is 3.62. The fourth-order valence-corrected chi connectivity index (χ4v) is 3.39. The monoisotopic (exact) mass is 439 g/mol. The van der Waals surface area contributed by atoms with E-state index in [0.29, 0.717) is 11.4 Å². The van der Waals surface area contributed by atoms with Crippen LogP contribution in [-0.4, -0.2) is 27.8 Å². The molecule has 6 nitrogen and oxygen atoms in total. The Morgan fingerprint density at radius 2 is 1.58 bits per heavy atom. The van der Waals surface area contributed by atoms with Crippen LogP contribution >= 0.6 is 0 Å². The Morgan fingerprint density at radius 3 is 2.21 bits per heavy atom. The van der Waals surface area contributed by atoms with Gasteiger partial charge < -0.3 is 10.1 Å². The molecule has 0 aliphatic carbocycles. The van der Waals surface area contributed by atoms with Gasteiger partial charge in [-0.25, -0.2) is 9.48 Å². The molecule has 1 amide bonds. The van der Waals surface area contributed by atoms with Gasteiger partial charge in [-0.15, -0.1) is 0 Å². The SMILES string of the molecule is CCc1ccc(NC(=O)C(C)OC(=O)c2cn(-c3ccccc3)nc2-c2ccccc2)cc1. The van der Waals surface area contributed by atoms with Crippen LogP contribution in [-0.2, 0) is 16.0 Å². The molecular formula is C27H25N3O3. The van der Waals surface area contributed by atoms with Gasteiger partial charge in [0.2, 0.25) is 0 Å². The minimum Gasteiger partial charge on any atom is -0.449 e. The van der Waals surface area contributed by atoms with E-state index in [9.17, 15) is 9.59 Å². The summed E-state index contributed by atoms with van der Waals surface area (Å²) in [7, 11) is 0. The molecule has 0 aliphatic heterocycles. The van der Waals surface area contributed by atoms with Crippen LogP contribution in [0.1, 0.15) is 29.8 Å². The number of ether oxygens (including phenoxy) is 1. The summed E-state index contributed by atoms with van der Waals surface area (Å²) < 4.78 is 7.16. The topological polar surface area (TPSA) is 73.2 Å². The van der Waals surface area contributed by atoms with E-state index in [4.69, 9.17) is 4.74 Å². The number of amides is 1. The zero-order chi connectivity index (χ0) is 23.2. The quantitative estimate of drug-likeness (QED) is 0.397. The predicted octanol–water partition coefficient (Wildman–Crippen LogP) is 5.29. The van der Waals surface area contributed by atoms with Crippen molar-refractivity contribution in [2.24, 2.45) is 0 Å². The van der Waals surface area contributed by atoms with Crippen molar-refractivity contribution in [3.05, 3.63) is 102 Å². The minimum atomic E-state index is -0.980. The van der Waals surface area contributed by atoms with E-state index >= 15 is 0 Å². The van der Waals surface area contributed by atoms with Crippen molar-refractivity contribution >= 4 is 17.6 Å². The molecule has 0 spiro atoms. The van der Waals surface area contributed by atoms with Crippen molar-refractivity contribution in [3.63, 3.8) is 0 Å². The number of benzene rings is 3. The Bertz CT molecular complexity index is 1230. The molecule has 4 aromatic rings. The minimum absolute atomic E-state index is 0.289. The highest BCUT2D eigenvalue weighted by molar-refractivity contribution is 6.00. The third-order valence-electron chi connectivity index (χ3n) is 5.28. The van der Waals surface area contributed by atoms with Crippen molar-refractivity contribution in [1.29, 1.82) is 0 Å². The Labute approximate surface area is 192 Å². The molecule has 1 heterocycles. The van der Waals surface area contributed by atoms with Crippen molar-refractivity contribution < 1.29 is 14.3 Å². The van der Waals surface area contributed by atoms with Gasteiger partial charge in [-0.05, 0) is 43.2 Å². The van der Waals surface area contributed by atoms with Crippen LogP contribution in [0.3, 0.4) is 0 Å². The maximum absolute atomic E-state index is 13.1. The molecule has 0 radical (unpaired) electrons. The average molecular weight is 440 g/mol. The molecule has 1 aromatic heterocycles.